The number of amides is 1. The number of rotatable bonds is 8. The van der Waals surface area contributed by atoms with Crippen LogP contribution in [-0.4, -0.2) is 42.9 Å². The molecule has 0 radical (unpaired) electrons. The molecule has 1 unspecified atom stereocenters. The van der Waals surface area contributed by atoms with Gasteiger partial charge in [0.1, 0.15) is 18.2 Å². The van der Waals surface area contributed by atoms with Crippen LogP contribution in [0.15, 0.2) is 78.9 Å². The van der Waals surface area contributed by atoms with Crippen molar-refractivity contribution in [3.05, 3.63) is 102 Å². The number of hydrogen-bond donors (Lipinski definition) is 0. The van der Waals surface area contributed by atoms with Crippen molar-refractivity contribution in [1.29, 1.82) is 0 Å². The fourth-order valence-electron chi connectivity index (χ4n) is 5.80. The number of anilines is 1. The minimum atomic E-state index is -0.480. The molecule has 2 bridgehead atoms. The molecule has 1 amide bonds. The van der Waals surface area contributed by atoms with E-state index in [1.165, 1.54) is 34.7 Å². The minimum Gasteiger partial charge on any atom is -0.440 e. The standard InChI is InChI=1S/C30H33F2N2O2/c31-26-13-11-24(12-14-26)21-33(28-10-4-9-27(32)20-28)30(35)36-29-22-34(18-15-25(29)16-19-34)17-5-8-23-6-2-1-3-7-23/h1-4,6-7,9-14,20,25,29H,5,8,15-19,21-22H2/q+1. The molecule has 3 aromatic rings. The van der Waals surface area contributed by atoms with Crippen molar-refractivity contribution in [2.24, 2.45) is 5.92 Å². The molecule has 0 saturated carbocycles. The van der Waals surface area contributed by atoms with Crippen molar-refractivity contribution in [2.45, 2.75) is 38.3 Å². The van der Waals surface area contributed by atoms with Crippen LogP contribution >= 0.6 is 0 Å². The Morgan fingerprint density at radius 2 is 1.64 bits per heavy atom. The Morgan fingerprint density at radius 1 is 0.889 bits per heavy atom. The van der Waals surface area contributed by atoms with Gasteiger partial charge in [0, 0.05) is 25.2 Å². The second-order valence-electron chi connectivity index (χ2n) is 10.2. The van der Waals surface area contributed by atoms with Crippen molar-refractivity contribution < 1.29 is 22.8 Å². The number of benzene rings is 3. The molecule has 3 fully saturated rings. The van der Waals surface area contributed by atoms with Crippen LogP contribution in [0.1, 0.15) is 30.4 Å². The number of aryl methyl sites for hydroxylation is 1. The molecule has 188 valence electrons. The number of carbonyl (C=O) groups excluding carboxylic acids is 1. The molecule has 3 saturated heterocycles. The van der Waals surface area contributed by atoms with E-state index in [0.29, 0.717) is 11.6 Å². The van der Waals surface area contributed by atoms with E-state index in [4.69, 9.17) is 4.74 Å². The van der Waals surface area contributed by atoms with Crippen LogP contribution in [0.4, 0.5) is 19.3 Å². The minimum absolute atomic E-state index is 0.152. The molecule has 3 heterocycles. The average Bonchev–Trinajstić information content (AvgIpc) is 2.89. The average molecular weight is 492 g/mol. The van der Waals surface area contributed by atoms with E-state index in [1.54, 1.807) is 24.3 Å². The predicted octanol–water partition coefficient (Wildman–Crippen LogP) is 6.35. The molecule has 0 spiro atoms. The van der Waals surface area contributed by atoms with E-state index in [1.807, 2.05) is 6.07 Å². The zero-order valence-corrected chi connectivity index (χ0v) is 20.5. The highest BCUT2D eigenvalue weighted by atomic mass is 19.1. The third-order valence-electron chi connectivity index (χ3n) is 7.83. The zero-order chi connectivity index (χ0) is 25.0. The van der Waals surface area contributed by atoms with Gasteiger partial charge in [0.15, 0.2) is 6.10 Å². The molecular weight excluding hydrogens is 458 g/mol. The van der Waals surface area contributed by atoms with Gasteiger partial charge in [-0.2, -0.15) is 0 Å². The molecule has 36 heavy (non-hydrogen) atoms. The molecule has 3 aromatic carbocycles. The summed E-state index contributed by atoms with van der Waals surface area (Å²) < 4.78 is 34.6. The molecule has 0 aromatic heterocycles. The van der Waals surface area contributed by atoms with Gasteiger partial charge in [0.05, 0.1) is 31.9 Å². The van der Waals surface area contributed by atoms with Gasteiger partial charge in [-0.25, -0.2) is 13.6 Å². The molecular formula is C30H33F2N2O2+. The molecule has 1 atom stereocenters. The summed E-state index contributed by atoms with van der Waals surface area (Å²) in [6.45, 7) is 4.36. The van der Waals surface area contributed by atoms with E-state index >= 15 is 0 Å². The lowest BCUT2D eigenvalue weighted by molar-refractivity contribution is -0.946. The van der Waals surface area contributed by atoms with E-state index in [9.17, 15) is 13.6 Å². The van der Waals surface area contributed by atoms with Crippen molar-refractivity contribution in [3.8, 4) is 0 Å². The summed E-state index contributed by atoms with van der Waals surface area (Å²) in [6, 6.07) is 22.5. The highest BCUT2D eigenvalue weighted by Gasteiger charge is 2.47. The van der Waals surface area contributed by atoms with Crippen molar-refractivity contribution in [1.82, 2.24) is 0 Å². The third kappa shape index (κ3) is 5.76. The molecule has 3 aliphatic rings. The molecule has 0 N–H and O–H groups in total. The maximum absolute atomic E-state index is 14.0. The summed E-state index contributed by atoms with van der Waals surface area (Å²) in [5.41, 5.74) is 2.53. The van der Waals surface area contributed by atoms with Crippen LogP contribution in [0.25, 0.3) is 0 Å². The number of piperidine rings is 3. The van der Waals surface area contributed by atoms with Gasteiger partial charge in [-0.3, -0.25) is 4.90 Å². The van der Waals surface area contributed by atoms with Gasteiger partial charge in [-0.15, -0.1) is 0 Å². The Hall–Kier alpha value is -3.25. The van der Waals surface area contributed by atoms with Crippen LogP contribution in [0.2, 0.25) is 0 Å². The molecule has 6 rings (SSSR count). The smallest absolute Gasteiger partial charge is 0.415 e. The Bertz CT molecular complexity index is 1160. The summed E-state index contributed by atoms with van der Waals surface area (Å²) in [5.74, 6) is -0.398. The maximum atomic E-state index is 14.0. The monoisotopic (exact) mass is 491 g/mol. The first kappa shape index (κ1) is 24.4. The van der Waals surface area contributed by atoms with Gasteiger partial charge in [0.2, 0.25) is 0 Å². The normalized spacial score (nSPS) is 22.8. The zero-order valence-electron chi connectivity index (χ0n) is 20.5. The van der Waals surface area contributed by atoms with Crippen LogP contribution < -0.4 is 4.90 Å². The number of carbonyl (C=O) groups is 1. The molecule has 6 heteroatoms. The molecule has 0 aliphatic carbocycles. The van der Waals surface area contributed by atoms with Crippen molar-refractivity contribution in [3.63, 3.8) is 0 Å². The Labute approximate surface area is 211 Å². The maximum Gasteiger partial charge on any atom is 0.415 e. The largest absolute Gasteiger partial charge is 0.440 e. The van der Waals surface area contributed by atoms with Crippen LogP contribution in [0.3, 0.4) is 0 Å². The lowest BCUT2D eigenvalue weighted by atomic mass is 9.83. The summed E-state index contributed by atoms with van der Waals surface area (Å²) >= 11 is 0. The van der Waals surface area contributed by atoms with Gasteiger partial charge in [0.25, 0.3) is 0 Å². The second kappa shape index (κ2) is 10.8. The predicted molar refractivity (Wildman–Crippen MR) is 136 cm³/mol. The Morgan fingerprint density at radius 3 is 2.36 bits per heavy atom. The van der Waals surface area contributed by atoms with Crippen LogP contribution in [-0.2, 0) is 17.7 Å². The Kier molecular flexibility index (Phi) is 7.33. The van der Waals surface area contributed by atoms with Gasteiger partial charge in [-0.05, 0) is 47.9 Å². The number of fused-ring (bicyclic) bond motifs is 3. The van der Waals surface area contributed by atoms with Gasteiger partial charge >= 0.3 is 6.09 Å². The van der Waals surface area contributed by atoms with Crippen LogP contribution in [0, 0.1) is 17.6 Å². The fraction of sp³-hybridized carbons (Fsp3) is 0.367. The number of ether oxygens (including phenoxy) is 1. The summed E-state index contributed by atoms with van der Waals surface area (Å²) in [5, 5.41) is 0. The third-order valence-corrected chi connectivity index (χ3v) is 7.83. The highest BCUT2D eigenvalue weighted by molar-refractivity contribution is 5.87. The number of nitrogens with zero attached hydrogens (tertiary/aromatic N) is 2. The Balaban J connectivity index is 1.27. The number of halogens is 2. The number of quaternary nitrogens is 1. The van der Waals surface area contributed by atoms with Crippen LogP contribution in [0.5, 0.6) is 0 Å². The summed E-state index contributed by atoms with van der Waals surface area (Å²) in [6.07, 6.45) is 3.64. The van der Waals surface area contributed by atoms with E-state index in [-0.39, 0.29) is 18.5 Å². The summed E-state index contributed by atoms with van der Waals surface area (Å²) in [4.78, 5) is 14.9. The first-order valence-electron chi connectivity index (χ1n) is 12.9. The van der Waals surface area contributed by atoms with E-state index in [0.717, 1.165) is 61.9 Å². The number of hydrogen-bond acceptors (Lipinski definition) is 2. The van der Waals surface area contributed by atoms with Gasteiger partial charge in [-0.1, -0.05) is 48.5 Å². The highest BCUT2D eigenvalue weighted by Crippen LogP contribution is 2.36. The lowest BCUT2D eigenvalue weighted by Crippen LogP contribution is -2.65. The lowest BCUT2D eigenvalue weighted by Gasteiger charge is -2.52. The quantitative estimate of drug-likeness (QED) is 0.344. The first-order chi connectivity index (χ1) is 17.5. The van der Waals surface area contributed by atoms with E-state index in [2.05, 4.69) is 24.3 Å². The van der Waals surface area contributed by atoms with E-state index < -0.39 is 11.9 Å². The second-order valence-corrected chi connectivity index (χ2v) is 10.2. The first-order valence-corrected chi connectivity index (χ1v) is 12.9. The van der Waals surface area contributed by atoms with Gasteiger partial charge < -0.3 is 9.22 Å². The van der Waals surface area contributed by atoms with Crippen molar-refractivity contribution >= 4 is 11.8 Å². The molecule has 3 aliphatic heterocycles. The van der Waals surface area contributed by atoms with Crippen molar-refractivity contribution in [2.75, 3.05) is 31.1 Å². The summed E-state index contributed by atoms with van der Waals surface area (Å²) in [7, 11) is 0. The molecule has 4 nitrogen and oxygen atoms in total. The SMILES string of the molecule is O=C(OC1C[N+]2(CCCc3ccccc3)CCC1CC2)N(Cc1ccc(F)cc1)c1cccc(F)c1. The fourth-order valence-corrected chi connectivity index (χ4v) is 5.80. The topological polar surface area (TPSA) is 29.5 Å².